The van der Waals surface area contributed by atoms with E-state index in [9.17, 15) is 27.9 Å². The van der Waals surface area contributed by atoms with Gasteiger partial charge in [-0.3, -0.25) is 4.79 Å². The van der Waals surface area contributed by atoms with Crippen molar-refractivity contribution in [1.82, 2.24) is 9.97 Å². The van der Waals surface area contributed by atoms with Crippen molar-refractivity contribution in [2.24, 2.45) is 11.8 Å². The average Bonchev–Trinajstić information content (AvgIpc) is 3.64. The van der Waals surface area contributed by atoms with E-state index in [0.29, 0.717) is 23.5 Å². The topological polar surface area (TPSA) is 107 Å². The Morgan fingerprint density at radius 3 is 2.46 bits per heavy atom. The van der Waals surface area contributed by atoms with E-state index in [1.54, 1.807) is 13.0 Å². The third kappa shape index (κ3) is 7.33. The first kappa shape index (κ1) is 26.7. The summed E-state index contributed by atoms with van der Waals surface area (Å²) in [5.41, 5.74) is 2.24. The maximum absolute atomic E-state index is 13.2. The zero-order valence-electron chi connectivity index (χ0n) is 20.7. The smallest absolute Gasteiger partial charge is 0.389 e. The molecule has 3 atom stereocenters. The molecule has 1 heterocycles. The van der Waals surface area contributed by atoms with E-state index >= 15 is 0 Å². The maximum Gasteiger partial charge on any atom is 0.389 e. The Labute approximate surface area is 213 Å². The van der Waals surface area contributed by atoms with Gasteiger partial charge in [0.05, 0.1) is 35.4 Å². The molecule has 2 aliphatic carbocycles. The van der Waals surface area contributed by atoms with Gasteiger partial charge in [-0.15, -0.1) is 0 Å². The quantitative estimate of drug-likeness (QED) is 0.373. The van der Waals surface area contributed by atoms with Crippen LogP contribution < -0.4 is 15.5 Å². The molecule has 11 heteroatoms. The van der Waals surface area contributed by atoms with Crippen LogP contribution >= 0.6 is 0 Å². The summed E-state index contributed by atoms with van der Waals surface area (Å²) in [6, 6.07) is 4.90. The first-order chi connectivity index (χ1) is 17.6. The molecule has 2 saturated carbocycles. The van der Waals surface area contributed by atoms with E-state index in [-0.39, 0.29) is 18.5 Å². The predicted molar refractivity (Wildman–Crippen MR) is 134 cm³/mol. The summed E-state index contributed by atoms with van der Waals surface area (Å²) in [7, 11) is 0. The number of rotatable bonds is 9. The number of carboxylic acids is 1. The molecule has 0 saturated heterocycles. The minimum Gasteiger partial charge on any atom is -0.481 e. The van der Waals surface area contributed by atoms with Gasteiger partial charge in [-0.1, -0.05) is 32.3 Å². The summed E-state index contributed by atoms with van der Waals surface area (Å²) in [5.74, 6) is -2.15. The molecule has 1 aromatic carbocycles. The molecule has 1 aromatic heterocycles. The summed E-state index contributed by atoms with van der Waals surface area (Å²) in [6.07, 6.45) is 4.36. The molecule has 2 aliphatic rings. The standard InChI is InChI=1S/C26H32F3N5O3/c1-16(11-26(27,28)29)14-34(19-5-3-2-4-6-19)23-8-7-17(20-10-21(20)24(35)36)9-22(23)33-25(37)32-18-12-30-15-31-13-18/h7-9,12-13,15-16,19-21H,2-6,10-11,14H2,1H3,(H,35,36)(H2,32,33,37). The van der Waals surface area contributed by atoms with Gasteiger partial charge in [0.15, 0.2) is 0 Å². The van der Waals surface area contributed by atoms with E-state index in [1.807, 2.05) is 17.0 Å². The van der Waals surface area contributed by atoms with Gasteiger partial charge >= 0.3 is 18.2 Å². The number of aliphatic carboxylic acids is 1. The molecule has 0 bridgehead atoms. The SMILES string of the molecule is CC(CN(c1ccc(C2CC2C(=O)O)cc1NC(=O)Nc1cncnc1)C1CCCCC1)CC(F)(F)F. The summed E-state index contributed by atoms with van der Waals surface area (Å²) in [6.45, 7) is 1.78. The highest BCUT2D eigenvalue weighted by Gasteiger charge is 2.44. The molecule has 0 aliphatic heterocycles. The van der Waals surface area contributed by atoms with Crippen molar-refractivity contribution in [2.45, 2.75) is 70.0 Å². The van der Waals surface area contributed by atoms with Gasteiger partial charge in [0.1, 0.15) is 6.33 Å². The lowest BCUT2D eigenvalue weighted by Crippen LogP contribution is -2.41. The van der Waals surface area contributed by atoms with Crippen LogP contribution in [0.5, 0.6) is 0 Å². The number of nitrogens with one attached hydrogen (secondary N) is 2. The second-order valence-electron chi connectivity index (χ2n) is 10.1. The van der Waals surface area contributed by atoms with E-state index < -0.39 is 36.4 Å². The highest BCUT2D eigenvalue weighted by molar-refractivity contribution is 6.01. The van der Waals surface area contributed by atoms with Crippen molar-refractivity contribution in [3.05, 3.63) is 42.5 Å². The van der Waals surface area contributed by atoms with Gasteiger partial charge in [-0.25, -0.2) is 14.8 Å². The molecule has 2 amide bonds. The fraction of sp³-hybridized carbons (Fsp3) is 0.538. The molecule has 200 valence electrons. The van der Waals surface area contributed by atoms with Crippen molar-refractivity contribution in [2.75, 3.05) is 22.1 Å². The highest BCUT2D eigenvalue weighted by Crippen LogP contribution is 2.49. The third-order valence-corrected chi connectivity index (χ3v) is 7.04. The number of nitrogens with zero attached hydrogens (tertiary/aromatic N) is 3. The van der Waals surface area contributed by atoms with Crippen LogP contribution in [-0.2, 0) is 4.79 Å². The molecular formula is C26H32F3N5O3. The number of benzene rings is 1. The molecule has 3 N–H and O–H groups in total. The summed E-state index contributed by atoms with van der Waals surface area (Å²) in [4.78, 5) is 34.1. The number of urea groups is 1. The van der Waals surface area contributed by atoms with E-state index in [0.717, 1.165) is 37.7 Å². The molecule has 0 spiro atoms. The van der Waals surface area contributed by atoms with Crippen molar-refractivity contribution < 1.29 is 27.9 Å². The predicted octanol–water partition coefficient (Wildman–Crippen LogP) is 6.04. The summed E-state index contributed by atoms with van der Waals surface area (Å²) < 4.78 is 39.5. The van der Waals surface area contributed by atoms with Crippen LogP contribution in [0.2, 0.25) is 0 Å². The largest absolute Gasteiger partial charge is 0.481 e. The molecule has 3 unspecified atom stereocenters. The second-order valence-corrected chi connectivity index (χ2v) is 10.1. The van der Waals surface area contributed by atoms with Crippen LogP contribution in [0, 0.1) is 11.8 Å². The van der Waals surface area contributed by atoms with Crippen LogP contribution in [0.4, 0.5) is 35.0 Å². The number of amides is 2. The monoisotopic (exact) mass is 519 g/mol. The summed E-state index contributed by atoms with van der Waals surface area (Å²) in [5, 5.41) is 14.9. The van der Waals surface area contributed by atoms with E-state index in [1.165, 1.54) is 18.7 Å². The Morgan fingerprint density at radius 1 is 1.14 bits per heavy atom. The number of carboxylic acid groups (broad SMARTS) is 1. The number of halogens is 3. The van der Waals surface area contributed by atoms with Gasteiger partial charge in [-0.05, 0) is 48.8 Å². The Morgan fingerprint density at radius 2 is 1.84 bits per heavy atom. The van der Waals surface area contributed by atoms with E-state index in [4.69, 9.17) is 0 Å². The minimum absolute atomic E-state index is 0.0501. The number of carbonyl (C=O) groups is 2. The molecule has 2 fully saturated rings. The van der Waals surface area contributed by atoms with Gasteiger partial charge in [-0.2, -0.15) is 13.2 Å². The Balaban J connectivity index is 1.65. The second kappa shape index (κ2) is 11.4. The van der Waals surface area contributed by atoms with Crippen molar-refractivity contribution in [3.8, 4) is 0 Å². The zero-order chi connectivity index (χ0) is 26.6. The van der Waals surface area contributed by atoms with Gasteiger partial charge in [0, 0.05) is 19.0 Å². The maximum atomic E-state index is 13.2. The van der Waals surface area contributed by atoms with Crippen LogP contribution in [0.3, 0.4) is 0 Å². The molecule has 4 rings (SSSR count). The molecular weight excluding hydrogens is 487 g/mol. The van der Waals surface area contributed by atoms with Crippen molar-refractivity contribution in [3.63, 3.8) is 0 Å². The molecule has 37 heavy (non-hydrogen) atoms. The number of aromatic nitrogens is 2. The highest BCUT2D eigenvalue weighted by atomic mass is 19.4. The first-order valence-corrected chi connectivity index (χ1v) is 12.6. The van der Waals surface area contributed by atoms with Gasteiger partial charge in [0.25, 0.3) is 0 Å². The molecule has 2 aromatic rings. The van der Waals surface area contributed by atoms with Crippen molar-refractivity contribution in [1.29, 1.82) is 0 Å². The molecule has 8 nitrogen and oxygen atoms in total. The zero-order valence-corrected chi connectivity index (χ0v) is 20.7. The van der Waals surface area contributed by atoms with Crippen LogP contribution in [0.25, 0.3) is 0 Å². The number of anilines is 3. The van der Waals surface area contributed by atoms with E-state index in [2.05, 4.69) is 20.6 Å². The lowest BCUT2D eigenvalue weighted by molar-refractivity contribution is -0.142. The lowest BCUT2D eigenvalue weighted by Gasteiger charge is -2.39. The normalized spacial score (nSPS) is 20.6. The Kier molecular flexibility index (Phi) is 8.19. The van der Waals surface area contributed by atoms with Gasteiger partial charge in [0.2, 0.25) is 0 Å². The van der Waals surface area contributed by atoms with Crippen molar-refractivity contribution >= 4 is 29.1 Å². The third-order valence-electron chi connectivity index (χ3n) is 7.04. The average molecular weight is 520 g/mol. The fourth-order valence-electron chi connectivity index (χ4n) is 5.25. The number of hydrogen-bond acceptors (Lipinski definition) is 5. The van der Waals surface area contributed by atoms with Crippen LogP contribution in [0.1, 0.15) is 63.4 Å². The fourth-order valence-corrected chi connectivity index (χ4v) is 5.25. The number of alkyl halides is 3. The Bertz CT molecular complexity index is 1090. The molecule has 0 radical (unpaired) electrons. The Hall–Kier alpha value is -3.37. The summed E-state index contributed by atoms with van der Waals surface area (Å²) >= 11 is 0. The van der Waals surface area contributed by atoms with Crippen LogP contribution in [-0.4, -0.2) is 45.8 Å². The minimum atomic E-state index is -4.27. The first-order valence-electron chi connectivity index (χ1n) is 12.6. The van der Waals surface area contributed by atoms with Crippen LogP contribution in [0.15, 0.2) is 36.9 Å². The number of hydrogen-bond donors (Lipinski definition) is 3. The van der Waals surface area contributed by atoms with Gasteiger partial charge < -0.3 is 20.6 Å². The lowest BCUT2D eigenvalue weighted by atomic mass is 9.92. The number of carbonyl (C=O) groups excluding carboxylic acids is 1.